The largest absolute Gasteiger partial charge is 0.349 e. The van der Waals surface area contributed by atoms with Crippen molar-refractivity contribution in [1.29, 1.82) is 0 Å². The maximum absolute atomic E-state index is 13.2. The molecule has 6 heteroatoms. The van der Waals surface area contributed by atoms with Crippen LogP contribution in [0.1, 0.15) is 42.5 Å². The van der Waals surface area contributed by atoms with Crippen LogP contribution in [0.25, 0.3) is 0 Å². The fraction of sp³-hybridized carbons (Fsp3) is 0.600. The summed E-state index contributed by atoms with van der Waals surface area (Å²) in [5.41, 5.74) is 0.112. The first-order valence-corrected chi connectivity index (χ1v) is 7.76. The predicted molar refractivity (Wildman–Crippen MR) is 78.9 cm³/mol. The Morgan fingerprint density at radius 2 is 2.10 bits per heavy atom. The molecule has 1 N–H and O–H groups in total. The molecule has 1 amide bonds. The van der Waals surface area contributed by atoms with Crippen LogP contribution in [0.4, 0.5) is 4.39 Å². The van der Waals surface area contributed by atoms with Crippen molar-refractivity contribution in [3.8, 4) is 0 Å². The molecule has 2 atom stereocenters. The van der Waals surface area contributed by atoms with Crippen molar-refractivity contribution in [2.45, 2.75) is 50.2 Å². The predicted octanol–water partition coefficient (Wildman–Crippen LogP) is 2.62. The maximum atomic E-state index is 13.2. The molecule has 0 aromatic carbocycles. The van der Waals surface area contributed by atoms with Crippen LogP contribution in [0.3, 0.4) is 0 Å². The van der Waals surface area contributed by atoms with Gasteiger partial charge in [0.15, 0.2) is 0 Å². The van der Waals surface area contributed by atoms with Gasteiger partial charge in [0.2, 0.25) is 0 Å². The highest BCUT2D eigenvalue weighted by atomic mass is 35.5. The Morgan fingerprint density at radius 1 is 1.43 bits per heavy atom. The number of carbonyl (C=O) groups excluding carboxylic acids is 1. The van der Waals surface area contributed by atoms with Gasteiger partial charge in [-0.2, -0.15) is 0 Å². The van der Waals surface area contributed by atoms with Crippen molar-refractivity contribution in [3.63, 3.8) is 0 Å². The molecule has 3 rings (SSSR count). The Hall–Kier alpha value is -1.20. The number of hydrogen-bond donors (Lipinski definition) is 1. The molecule has 1 aromatic heterocycles. The molecule has 3 heterocycles. The molecule has 2 unspecified atom stereocenters. The summed E-state index contributed by atoms with van der Waals surface area (Å²) >= 11 is 5.88. The number of amides is 1. The highest BCUT2D eigenvalue weighted by molar-refractivity contribution is 6.32. The van der Waals surface area contributed by atoms with E-state index < -0.39 is 5.82 Å². The van der Waals surface area contributed by atoms with Gasteiger partial charge in [-0.3, -0.25) is 4.79 Å². The highest BCUT2D eigenvalue weighted by Gasteiger charge is 2.36. The Bertz CT molecular complexity index is 540. The number of nitrogens with zero attached hydrogens (tertiary/aromatic N) is 2. The summed E-state index contributed by atoms with van der Waals surface area (Å²) in [6.45, 7) is 0. The first-order chi connectivity index (χ1) is 10.0. The van der Waals surface area contributed by atoms with Gasteiger partial charge in [0.25, 0.3) is 5.91 Å². The van der Waals surface area contributed by atoms with E-state index in [9.17, 15) is 9.18 Å². The van der Waals surface area contributed by atoms with Gasteiger partial charge in [0, 0.05) is 18.1 Å². The van der Waals surface area contributed by atoms with E-state index in [0.717, 1.165) is 25.1 Å². The first-order valence-electron chi connectivity index (χ1n) is 7.38. The molecular weight excluding hydrogens is 293 g/mol. The van der Waals surface area contributed by atoms with Crippen LogP contribution >= 0.6 is 11.6 Å². The number of rotatable bonds is 2. The van der Waals surface area contributed by atoms with E-state index in [-0.39, 0.29) is 22.7 Å². The van der Waals surface area contributed by atoms with E-state index in [2.05, 4.69) is 22.2 Å². The van der Waals surface area contributed by atoms with Gasteiger partial charge in [0.1, 0.15) is 11.0 Å². The topological polar surface area (TPSA) is 45.2 Å². The SMILES string of the molecule is CN1C2CCCC1CC(NC(=O)c1cc(F)cnc1Cl)C2. The van der Waals surface area contributed by atoms with E-state index >= 15 is 0 Å². The minimum atomic E-state index is -0.551. The lowest BCUT2D eigenvalue weighted by atomic mass is 9.82. The summed E-state index contributed by atoms with van der Waals surface area (Å²) in [7, 11) is 2.17. The summed E-state index contributed by atoms with van der Waals surface area (Å²) in [6, 6.07) is 2.33. The maximum Gasteiger partial charge on any atom is 0.254 e. The van der Waals surface area contributed by atoms with Crippen molar-refractivity contribution < 1.29 is 9.18 Å². The Morgan fingerprint density at radius 3 is 2.76 bits per heavy atom. The summed E-state index contributed by atoms with van der Waals surface area (Å²) < 4.78 is 13.2. The van der Waals surface area contributed by atoms with Crippen LogP contribution in [-0.2, 0) is 0 Å². The number of aromatic nitrogens is 1. The molecule has 0 aliphatic carbocycles. The summed E-state index contributed by atoms with van der Waals surface area (Å²) in [6.07, 6.45) is 6.53. The Labute approximate surface area is 128 Å². The number of pyridine rings is 1. The Kier molecular flexibility index (Phi) is 4.13. The fourth-order valence-corrected chi connectivity index (χ4v) is 3.77. The van der Waals surface area contributed by atoms with Crippen molar-refractivity contribution in [2.75, 3.05) is 7.05 Å². The van der Waals surface area contributed by atoms with Crippen LogP contribution in [0.5, 0.6) is 0 Å². The summed E-state index contributed by atoms with van der Waals surface area (Å²) in [5.74, 6) is -0.885. The average Bonchev–Trinajstić information content (AvgIpc) is 2.42. The van der Waals surface area contributed by atoms with E-state index in [1.165, 1.54) is 19.3 Å². The second-order valence-corrected chi connectivity index (χ2v) is 6.40. The molecule has 2 aliphatic rings. The van der Waals surface area contributed by atoms with Crippen molar-refractivity contribution >= 4 is 17.5 Å². The monoisotopic (exact) mass is 311 g/mol. The van der Waals surface area contributed by atoms with E-state index in [0.29, 0.717) is 12.1 Å². The molecule has 0 spiro atoms. The van der Waals surface area contributed by atoms with Gasteiger partial charge in [-0.25, -0.2) is 9.37 Å². The lowest BCUT2D eigenvalue weighted by Gasteiger charge is -2.47. The van der Waals surface area contributed by atoms with Gasteiger partial charge in [-0.15, -0.1) is 0 Å². The average molecular weight is 312 g/mol. The number of fused-ring (bicyclic) bond motifs is 2. The van der Waals surface area contributed by atoms with Crippen LogP contribution in [0.15, 0.2) is 12.3 Å². The molecule has 2 aliphatic heterocycles. The zero-order valence-corrected chi connectivity index (χ0v) is 12.7. The molecule has 21 heavy (non-hydrogen) atoms. The van der Waals surface area contributed by atoms with Crippen molar-refractivity contribution in [1.82, 2.24) is 15.2 Å². The zero-order valence-electron chi connectivity index (χ0n) is 12.0. The standard InChI is InChI=1S/C15H19ClFN3O/c1-20-11-3-2-4-12(20)7-10(6-11)19-15(21)13-5-9(17)8-18-14(13)16/h5,8,10-12H,2-4,6-7H2,1H3,(H,19,21). The van der Waals surface area contributed by atoms with Gasteiger partial charge >= 0.3 is 0 Å². The third-order valence-corrected chi connectivity index (χ3v) is 5.03. The minimum Gasteiger partial charge on any atom is -0.349 e. The molecule has 1 aromatic rings. The molecule has 2 saturated heterocycles. The fourth-order valence-electron chi connectivity index (χ4n) is 3.58. The highest BCUT2D eigenvalue weighted by Crippen LogP contribution is 2.32. The van der Waals surface area contributed by atoms with Crippen molar-refractivity contribution in [2.24, 2.45) is 0 Å². The second-order valence-electron chi connectivity index (χ2n) is 6.04. The normalized spacial score (nSPS) is 29.2. The van der Waals surface area contributed by atoms with Gasteiger partial charge in [0.05, 0.1) is 11.8 Å². The van der Waals surface area contributed by atoms with Crippen LogP contribution in [0, 0.1) is 5.82 Å². The lowest BCUT2D eigenvalue weighted by Crippen LogP contribution is -2.55. The summed E-state index contributed by atoms with van der Waals surface area (Å²) in [5, 5.41) is 3.04. The molecule has 4 nitrogen and oxygen atoms in total. The van der Waals surface area contributed by atoms with Gasteiger partial charge in [-0.05, 0) is 38.8 Å². The van der Waals surface area contributed by atoms with E-state index in [1.54, 1.807) is 0 Å². The zero-order chi connectivity index (χ0) is 15.0. The number of nitrogens with one attached hydrogen (secondary N) is 1. The quantitative estimate of drug-likeness (QED) is 0.854. The van der Waals surface area contributed by atoms with E-state index in [4.69, 9.17) is 11.6 Å². The van der Waals surface area contributed by atoms with Crippen molar-refractivity contribution in [3.05, 3.63) is 28.8 Å². The first kappa shape index (κ1) is 14.7. The van der Waals surface area contributed by atoms with Gasteiger partial charge in [-0.1, -0.05) is 18.0 Å². The Balaban J connectivity index is 1.69. The van der Waals surface area contributed by atoms with E-state index in [1.807, 2.05) is 0 Å². The summed E-state index contributed by atoms with van der Waals surface area (Å²) in [4.78, 5) is 18.4. The van der Waals surface area contributed by atoms with Crippen LogP contribution in [0.2, 0.25) is 5.15 Å². The number of hydrogen-bond acceptors (Lipinski definition) is 3. The second kappa shape index (κ2) is 5.89. The molecule has 0 saturated carbocycles. The molecule has 114 valence electrons. The molecule has 0 radical (unpaired) electrons. The minimum absolute atomic E-state index is 0.0435. The van der Waals surface area contributed by atoms with Crippen LogP contribution < -0.4 is 5.32 Å². The third-order valence-electron chi connectivity index (χ3n) is 4.73. The number of piperidine rings is 2. The molecule has 2 fully saturated rings. The van der Waals surface area contributed by atoms with Gasteiger partial charge < -0.3 is 10.2 Å². The van der Waals surface area contributed by atoms with Crippen LogP contribution in [-0.4, -0.2) is 41.0 Å². The number of carbonyl (C=O) groups is 1. The third kappa shape index (κ3) is 3.04. The molecular formula is C15H19ClFN3O. The lowest BCUT2D eigenvalue weighted by molar-refractivity contribution is 0.0463. The number of halogens is 2. The smallest absolute Gasteiger partial charge is 0.254 e. The molecule has 2 bridgehead atoms.